The minimum absolute atomic E-state index is 0.0133. The van der Waals surface area contributed by atoms with Crippen LogP contribution in [0.5, 0.6) is 5.75 Å². The van der Waals surface area contributed by atoms with Crippen LogP contribution in [0, 0.1) is 0 Å². The zero-order valence-electron chi connectivity index (χ0n) is 9.77. The molecule has 1 atom stereocenters. The molecule has 0 radical (unpaired) electrons. The molecule has 92 valence electrons. The van der Waals surface area contributed by atoms with Crippen LogP contribution in [0.2, 0.25) is 0 Å². The Labute approximate surface area is 112 Å². The molecule has 0 aliphatic heterocycles. The summed E-state index contributed by atoms with van der Waals surface area (Å²) < 4.78 is 7.85. The summed E-state index contributed by atoms with van der Waals surface area (Å²) in [6, 6.07) is 1.97. The van der Waals surface area contributed by atoms with E-state index >= 15 is 0 Å². The number of nitrogens with one attached hydrogen (secondary N) is 1. The molecule has 1 N–H and O–H groups in total. The summed E-state index contributed by atoms with van der Waals surface area (Å²) in [6.45, 7) is 0. The highest BCUT2D eigenvalue weighted by Crippen LogP contribution is 2.36. The van der Waals surface area contributed by atoms with Crippen molar-refractivity contribution in [1.29, 1.82) is 0 Å². The quantitative estimate of drug-likeness (QED) is 0.936. The lowest BCUT2D eigenvalue weighted by Gasteiger charge is -2.16. The van der Waals surface area contributed by atoms with Gasteiger partial charge in [-0.25, -0.2) is 4.68 Å². The summed E-state index contributed by atoms with van der Waals surface area (Å²) in [5, 5.41) is 13.3. The monoisotopic (exact) mass is 316 g/mol. The van der Waals surface area contributed by atoms with E-state index in [4.69, 9.17) is 4.74 Å². The van der Waals surface area contributed by atoms with Crippen LogP contribution in [0.4, 0.5) is 0 Å². The number of ether oxygens (including phenoxy) is 1. The minimum atomic E-state index is 0.0133. The third kappa shape index (κ3) is 2.22. The normalized spacial score (nSPS) is 12.7. The highest BCUT2D eigenvalue weighted by molar-refractivity contribution is 9.10. The maximum absolute atomic E-state index is 5.35. The number of aromatic nitrogens is 3. The maximum Gasteiger partial charge on any atom is 0.153 e. The maximum atomic E-state index is 5.35. The number of methoxy groups -OCH3 is 1. The highest BCUT2D eigenvalue weighted by Gasteiger charge is 2.24. The van der Waals surface area contributed by atoms with Gasteiger partial charge in [0.25, 0.3) is 0 Å². The number of aryl methyl sites for hydroxylation is 1. The van der Waals surface area contributed by atoms with Crippen molar-refractivity contribution in [1.82, 2.24) is 20.3 Å². The average molecular weight is 317 g/mol. The van der Waals surface area contributed by atoms with Crippen molar-refractivity contribution in [2.75, 3.05) is 14.2 Å². The Hall–Kier alpha value is -0.920. The Morgan fingerprint density at radius 3 is 2.88 bits per heavy atom. The van der Waals surface area contributed by atoms with Gasteiger partial charge in [0, 0.05) is 7.05 Å². The van der Waals surface area contributed by atoms with E-state index < -0.39 is 0 Å². The van der Waals surface area contributed by atoms with Crippen molar-refractivity contribution in [3.05, 3.63) is 26.6 Å². The summed E-state index contributed by atoms with van der Waals surface area (Å²) >= 11 is 5.07. The van der Waals surface area contributed by atoms with Crippen LogP contribution in [0.1, 0.15) is 16.6 Å². The topological polar surface area (TPSA) is 52.0 Å². The van der Waals surface area contributed by atoms with Crippen molar-refractivity contribution >= 4 is 27.3 Å². The second-order valence-corrected chi connectivity index (χ2v) is 5.16. The van der Waals surface area contributed by atoms with Crippen LogP contribution in [-0.2, 0) is 7.05 Å². The van der Waals surface area contributed by atoms with Gasteiger partial charge in [0.2, 0.25) is 0 Å². The Bertz CT molecular complexity index is 491. The molecule has 0 fully saturated rings. The molecule has 2 aromatic rings. The Morgan fingerprint density at radius 1 is 1.59 bits per heavy atom. The van der Waals surface area contributed by atoms with E-state index in [1.54, 1.807) is 23.1 Å². The van der Waals surface area contributed by atoms with Gasteiger partial charge in [-0.15, -0.1) is 16.4 Å². The van der Waals surface area contributed by atoms with Gasteiger partial charge >= 0.3 is 0 Å². The molecule has 2 aromatic heterocycles. The Kier molecular flexibility index (Phi) is 3.80. The van der Waals surface area contributed by atoms with Gasteiger partial charge in [0.1, 0.15) is 5.75 Å². The number of hydrogen-bond acceptors (Lipinski definition) is 5. The fourth-order valence-electron chi connectivity index (χ4n) is 1.73. The van der Waals surface area contributed by atoms with Crippen LogP contribution in [0.15, 0.2) is 16.0 Å². The molecule has 0 amide bonds. The van der Waals surface area contributed by atoms with Crippen LogP contribution >= 0.6 is 27.3 Å². The molecule has 0 aliphatic carbocycles. The molecule has 0 aliphatic rings. The van der Waals surface area contributed by atoms with E-state index in [0.29, 0.717) is 0 Å². The smallest absolute Gasteiger partial charge is 0.153 e. The number of nitrogens with zero attached hydrogens (tertiary/aromatic N) is 3. The zero-order chi connectivity index (χ0) is 12.4. The molecule has 0 saturated heterocycles. The van der Waals surface area contributed by atoms with Crippen molar-refractivity contribution in [3.63, 3.8) is 0 Å². The fourth-order valence-corrected chi connectivity index (χ4v) is 3.25. The van der Waals surface area contributed by atoms with E-state index in [1.807, 2.05) is 25.5 Å². The summed E-state index contributed by atoms with van der Waals surface area (Å²) in [5.74, 6) is 0.877. The standard InChI is InChI=1S/C10H13BrN4OS/c1-12-7(8-10(11)13-14-15(8)2)9-6(16-3)4-5-17-9/h4-5,7,12H,1-3H3. The second-order valence-electron chi connectivity index (χ2n) is 3.46. The van der Waals surface area contributed by atoms with Crippen LogP contribution in [0.3, 0.4) is 0 Å². The Morgan fingerprint density at radius 2 is 2.35 bits per heavy atom. The van der Waals surface area contributed by atoms with Crippen LogP contribution in [0.25, 0.3) is 0 Å². The lowest BCUT2D eigenvalue weighted by molar-refractivity contribution is 0.407. The first kappa shape index (κ1) is 12.5. The van der Waals surface area contributed by atoms with Gasteiger partial charge < -0.3 is 10.1 Å². The van der Waals surface area contributed by atoms with Crippen molar-refractivity contribution in [2.24, 2.45) is 7.05 Å². The molecule has 1 unspecified atom stereocenters. The average Bonchev–Trinajstić information content (AvgIpc) is 2.91. The largest absolute Gasteiger partial charge is 0.496 e. The van der Waals surface area contributed by atoms with Crippen molar-refractivity contribution < 1.29 is 4.74 Å². The molecule has 0 spiro atoms. The highest BCUT2D eigenvalue weighted by atomic mass is 79.9. The SMILES string of the molecule is CNC(c1sccc1OC)c1c(Br)nnn1C. The molecule has 5 nitrogen and oxygen atoms in total. The van der Waals surface area contributed by atoms with Gasteiger partial charge in [-0.1, -0.05) is 5.21 Å². The lowest BCUT2D eigenvalue weighted by Crippen LogP contribution is -2.20. The minimum Gasteiger partial charge on any atom is -0.496 e. The van der Waals surface area contributed by atoms with Gasteiger partial charge in [-0.2, -0.15) is 0 Å². The first-order valence-electron chi connectivity index (χ1n) is 5.02. The molecule has 0 aromatic carbocycles. The van der Waals surface area contributed by atoms with Gasteiger partial charge in [-0.3, -0.25) is 0 Å². The van der Waals surface area contributed by atoms with Crippen molar-refractivity contribution in [3.8, 4) is 5.75 Å². The van der Waals surface area contributed by atoms with Gasteiger partial charge in [0.15, 0.2) is 4.60 Å². The Balaban J connectivity index is 2.47. The predicted octanol–water partition coefficient (Wildman–Crippen LogP) is 1.96. The molecule has 2 rings (SSSR count). The summed E-state index contributed by atoms with van der Waals surface area (Å²) in [7, 11) is 5.45. The molecule has 17 heavy (non-hydrogen) atoms. The molecule has 7 heteroatoms. The zero-order valence-corrected chi connectivity index (χ0v) is 12.2. The fraction of sp³-hybridized carbons (Fsp3) is 0.400. The van der Waals surface area contributed by atoms with E-state index in [1.165, 1.54) is 0 Å². The first-order valence-corrected chi connectivity index (χ1v) is 6.70. The van der Waals surface area contributed by atoms with E-state index in [2.05, 4.69) is 31.6 Å². The number of halogens is 1. The number of thiophene rings is 1. The summed E-state index contributed by atoms with van der Waals surface area (Å²) in [6.07, 6.45) is 0. The number of hydrogen-bond donors (Lipinski definition) is 1. The molecule has 0 bridgehead atoms. The lowest BCUT2D eigenvalue weighted by atomic mass is 10.1. The predicted molar refractivity (Wildman–Crippen MR) is 70.5 cm³/mol. The van der Waals surface area contributed by atoms with Crippen LogP contribution in [-0.4, -0.2) is 29.2 Å². The summed E-state index contributed by atoms with van der Waals surface area (Å²) in [5.41, 5.74) is 0.980. The van der Waals surface area contributed by atoms with Crippen LogP contribution < -0.4 is 10.1 Å². The molecule has 2 heterocycles. The first-order chi connectivity index (χ1) is 8.19. The van der Waals surface area contributed by atoms with Crippen molar-refractivity contribution in [2.45, 2.75) is 6.04 Å². The molecular weight excluding hydrogens is 304 g/mol. The molecular formula is C10H13BrN4OS. The third-order valence-electron chi connectivity index (χ3n) is 2.53. The van der Waals surface area contributed by atoms with E-state index in [-0.39, 0.29) is 6.04 Å². The van der Waals surface area contributed by atoms with Gasteiger partial charge in [0.05, 0.1) is 23.7 Å². The van der Waals surface area contributed by atoms with E-state index in [0.717, 1.165) is 20.9 Å². The molecule has 0 saturated carbocycles. The van der Waals surface area contributed by atoms with Gasteiger partial charge in [-0.05, 0) is 34.4 Å². The second kappa shape index (κ2) is 5.16. The number of rotatable bonds is 4. The van der Waals surface area contributed by atoms with E-state index in [9.17, 15) is 0 Å². The summed E-state index contributed by atoms with van der Waals surface area (Å²) in [4.78, 5) is 1.11. The third-order valence-corrected chi connectivity index (χ3v) is 4.06.